The van der Waals surface area contributed by atoms with Gasteiger partial charge in [0.2, 0.25) is 6.79 Å². The number of ether oxygens (including phenoxy) is 2. The first kappa shape index (κ1) is 11.1. The molecule has 0 radical (unpaired) electrons. The SMILES string of the molecule is Ic1c(-c2ccc3c(c2)OCO3)nc2ccccn12. The van der Waals surface area contributed by atoms with Gasteiger partial charge in [-0.3, -0.25) is 4.40 Å². The first-order valence-corrected chi connectivity index (χ1v) is 6.93. The Balaban J connectivity index is 1.92. The molecule has 0 saturated carbocycles. The summed E-state index contributed by atoms with van der Waals surface area (Å²) in [5.41, 5.74) is 2.95. The maximum Gasteiger partial charge on any atom is 0.231 e. The van der Waals surface area contributed by atoms with Crippen molar-refractivity contribution >= 4 is 28.2 Å². The van der Waals surface area contributed by atoms with Crippen LogP contribution in [0.15, 0.2) is 42.6 Å². The number of halogens is 1. The predicted molar refractivity (Wildman–Crippen MR) is 79.5 cm³/mol. The zero-order valence-corrected chi connectivity index (χ0v) is 12.0. The van der Waals surface area contributed by atoms with Gasteiger partial charge >= 0.3 is 0 Å². The lowest BCUT2D eigenvalue weighted by molar-refractivity contribution is 0.174. The van der Waals surface area contributed by atoms with E-state index in [9.17, 15) is 0 Å². The van der Waals surface area contributed by atoms with Crippen molar-refractivity contribution in [2.24, 2.45) is 0 Å². The maximum absolute atomic E-state index is 5.42. The van der Waals surface area contributed by atoms with Crippen molar-refractivity contribution in [2.45, 2.75) is 0 Å². The summed E-state index contributed by atoms with van der Waals surface area (Å²) in [6.45, 7) is 0.293. The Labute approximate surface area is 123 Å². The van der Waals surface area contributed by atoms with E-state index < -0.39 is 0 Å². The molecular weight excluding hydrogens is 355 g/mol. The highest BCUT2D eigenvalue weighted by Gasteiger charge is 2.17. The highest BCUT2D eigenvalue weighted by molar-refractivity contribution is 14.1. The normalized spacial score (nSPS) is 13.1. The molecule has 4 nitrogen and oxygen atoms in total. The van der Waals surface area contributed by atoms with Crippen molar-refractivity contribution in [3.05, 3.63) is 46.3 Å². The zero-order chi connectivity index (χ0) is 12.8. The Kier molecular flexibility index (Phi) is 2.41. The van der Waals surface area contributed by atoms with E-state index in [0.29, 0.717) is 6.79 Å². The molecule has 1 aliphatic heterocycles. The largest absolute Gasteiger partial charge is 0.454 e. The van der Waals surface area contributed by atoms with Gasteiger partial charge in [-0.25, -0.2) is 4.98 Å². The fourth-order valence-corrected chi connectivity index (χ4v) is 3.03. The van der Waals surface area contributed by atoms with Crippen molar-refractivity contribution in [3.8, 4) is 22.8 Å². The summed E-state index contributed by atoms with van der Waals surface area (Å²) in [6.07, 6.45) is 2.01. The van der Waals surface area contributed by atoms with E-state index in [1.807, 2.05) is 42.6 Å². The molecule has 0 bridgehead atoms. The lowest BCUT2D eigenvalue weighted by Gasteiger charge is -2.00. The van der Waals surface area contributed by atoms with Gasteiger partial charge in [-0.1, -0.05) is 6.07 Å². The smallest absolute Gasteiger partial charge is 0.231 e. The van der Waals surface area contributed by atoms with Crippen molar-refractivity contribution in [1.82, 2.24) is 9.38 Å². The standard InChI is InChI=1S/C14H9IN2O2/c15-14-13(16-12-3-1-2-6-17(12)14)9-4-5-10-11(7-9)19-8-18-10/h1-7H,8H2. The Morgan fingerprint density at radius 2 is 2.00 bits per heavy atom. The molecule has 0 amide bonds. The third kappa shape index (κ3) is 1.68. The molecule has 0 N–H and O–H groups in total. The van der Waals surface area contributed by atoms with Gasteiger partial charge in [0.05, 0.1) is 0 Å². The number of rotatable bonds is 1. The molecule has 1 aromatic carbocycles. The minimum atomic E-state index is 0.293. The molecule has 19 heavy (non-hydrogen) atoms. The molecule has 0 aliphatic carbocycles. The summed E-state index contributed by atoms with van der Waals surface area (Å²) in [6, 6.07) is 11.9. The average Bonchev–Trinajstić information content (AvgIpc) is 3.03. The van der Waals surface area contributed by atoms with Crippen LogP contribution in [0, 0.1) is 3.70 Å². The first-order valence-electron chi connectivity index (χ1n) is 5.85. The molecule has 2 aromatic heterocycles. The van der Waals surface area contributed by atoms with Crippen molar-refractivity contribution in [2.75, 3.05) is 6.79 Å². The number of pyridine rings is 1. The van der Waals surface area contributed by atoms with E-state index in [0.717, 1.165) is 32.1 Å². The third-order valence-electron chi connectivity index (χ3n) is 3.12. The fourth-order valence-electron chi connectivity index (χ4n) is 2.19. The van der Waals surface area contributed by atoms with Gasteiger partial charge < -0.3 is 9.47 Å². The van der Waals surface area contributed by atoms with E-state index in [2.05, 4.69) is 32.0 Å². The van der Waals surface area contributed by atoms with E-state index in [4.69, 9.17) is 9.47 Å². The van der Waals surface area contributed by atoms with Crippen molar-refractivity contribution < 1.29 is 9.47 Å². The van der Waals surface area contributed by atoms with Gasteiger partial charge in [0.1, 0.15) is 15.0 Å². The Hall–Kier alpha value is -1.76. The van der Waals surface area contributed by atoms with Crippen LogP contribution in [-0.4, -0.2) is 16.2 Å². The molecule has 3 heterocycles. The summed E-state index contributed by atoms with van der Waals surface area (Å²) in [7, 11) is 0. The molecule has 3 aromatic rings. The minimum absolute atomic E-state index is 0.293. The molecule has 0 unspecified atom stereocenters. The van der Waals surface area contributed by atoms with Crippen LogP contribution in [-0.2, 0) is 0 Å². The quantitative estimate of drug-likeness (QED) is 0.622. The highest BCUT2D eigenvalue weighted by Crippen LogP contribution is 2.36. The van der Waals surface area contributed by atoms with Crippen LogP contribution >= 0.6 is 22.6 Å². The predicted octanol–water partition coefficient (Wildman–Crippen LogP) is 3.33. The van der Waals surface area contributed by atoms with Gasteiger partial charge in [0.25, 0.3) is 0 Å². The van der Waals surface area contributed by atoms with E-state index in [1.54, 1.807) is 0 Å². The van der Waals surface area contributed by atoms with Gasteiger partial charge in [-0.15, -0.1) is 0 Å². The maximum atomic E-state index is 5.42. The molecule has 0 saturated heterocycles. The summed E-state index contributed by atoms with van der Waals surface area (Å²) in [4.78, 5) is 4.67. The molecule has 5 heteroatoms. The number of hydrogen-bond acceptors (Lipinski definition) is 3. The van der Waals surface area contributed by atoms with Crippen molar-refractivity contribution in [1.29, 1.82) is 0 Å². The number of hydrogen-bond donors (Lipinski definition) is 0. The van der Waals surface area contributed by atoms with Gasteiger partial charge in [-0.05, 0) is 52.9 Å². The number of imidazole rings is 1. The highest BCUT2D eigenvalue weighted by atomic mass is 127. The molecule has 1 aliphatic rings. The van der Waals surface area contributed by atoms with Gasteiger partial charge in [0.15, 0.2) is 11.5 Å². The van der Waals surface area contributed by atoms with Crippen LogP contribution in [0.2, 0.25) is 0 Å². The summed E-state index contributed by atoms with van der Waals surface area (Å²) in [5, 5.41) is 0. The van der Waals surface area contributed by atoms with Crippen LogP contribution in [0.5, 0.6) is 11.5 Å². The molecule has 0 fully saturated rings. The molecule has 94 valence electrons. The first-order chi connectivity index (χ1) is 9.33. The third-order valence-corrected chi connectivity index (χ3v) is 4.15. The second kappa shape index (κ2) is 4.12. The summed E-state index contributed by atoms with van der Waals surface area (Å²) in [5.74, 6) is 1.58. The lowest BCUT2D eigenvalue weighted by Crippen LogP contribution is -1.92. The number of nitrogens with zero attached hydrogens (tertiary/aromatic N) is 2. The Morgan fingerprint density at radius 1 is 1.11 bits per heavy atom. The molecular formula is C14H9IN2O2. The topological polar surface area (TPSA) is 35.8 Å². The molecule has 0 spiro atoms. The van der Waals surface area contributed by atoms with Crippen LogP contribution in [0.25, 0.3) is 16.9 Å². The Morgan fingerprint density at radius 3 is 2.89 bits per heavy atom. The van der Waals surface area contributed by atoms with E-state index in [1.165, 1.54) is 0 Å². The van der Waals surface area contributed by atoms with Crippen LogP contribution in [0.3, 0.4) is 0 Å². The van der Waals surface area contributed by atoms with Gasteiger partial charge in [0, 0.05) is 11.8 Å². The zero-order valence-electron chi connectivity index (χ0n) is 9.84. The number of aromatic nitrogens is 2. The van der Waals surface area contributed by atoms with E-state index >= 15 is 0 Å². The van der Waals surface area contributed by atoms with Crippen LogP contribution < -0.4 is 9.47 Å². The Bertz CT molecular complexity index is 782. The lowest BCUT2D eigenvalue weighted by atomic mass is 10.1. The molecule has 4 rings (SSSR count). The van der Waals surface area contributed by atoms with Crippen LogP contribution in [0.4, 0.5) is 0 Å². The number of benzene rings is 1. The van der Waals surface area contributed by atoms with Crippen molar-refractivity contribution in [3.63, 3.8) is 0 Å². The second-order valence-corrected chi connectivity index (χ2v) is 5.27. The summed E-state index contributed by atoms with van der Waals surface area (Å²) >= 11 is 2.31. The van der Waals surface area contributed by atoms with E-state index in [-0.39, 0.29) is 0 Å². The monoisotopic (exact) mass is 364 g/mol. The van der Waals surface area contributed by atoms with Crippen LogP contribution in [0.1, 0.15) is 0 Å². The average molecular weight is 364 g/mol. The summed E-state index contributed by atoms with van der Waals surface area (Å²) < 4.78 is 13.9. The van der Waals surface area contributed by atoms with Gasteiger partial charge in [-0.2, -0.15) is 0 Å². The minimum Gasteiger partial charge on any atom is -0.454 e. The number of fused-ring (bicyclic) bond motifs is 2. The fraction of sp³-hybridized carbons (Fsp3) is 0.0714. The molecule has 0 atom stereocenters. The second-order valence-electron chi connectivity index (χ2n) is 4.25.